The number of anilines is 1. The van der Waals surface area contributed by atoms with E-state index in [4.69, 9.17) is 4.74 Å². The van der Waals surface area contributed by atoms with Gasteiger partial charge < -0.3 is 9.64 Å². The average Bonchev–Trinajstić information content (AvgIpc) is 2.61. The Balaban J connectivity index is 1.51. The molecule has 2 fully saturated rings. The second-order valence-electron chi connectivity index (χ2n) is 6.80. The van der Waals surface area contributed by atoms with Crippen LogP contribution in [0.15, 0.2) is 24.3 Å². The van der Waals surface area contributed by atoms with E-state index in [9.17, 15) is 4.39 Å². The highest BCUT2D eigenvalue weighted by Crippen LogP contribution is 2.26. The Morgan fingerprint density at radius 1 is 1.13 bits per heavy atom. The maximum absolute atomic E-state index is 13.9. The van der Waals surface area contributed by atoms with Gasteiger partial charge in [-0.25, -0.2) is 4.39 Å². The Labute approximate surface area is 139 Å². The fourth-order valence-corrected chi connectivity index (χ4v) is 3.90. The first-order valence-corrected chi connectivity index (χ1v) is 9.13. The van der Waals surface area contributed by atoms with Crippen molar-refractivity contribution < 1.29 is 9.13 Å². The summed E-state index contributed by atoms with van der Waals surface area (Å²) in [4.78, 5) is 4.81. The molecule has 128 valence electrons. The third kappa shape index (κ3) is 4.24. The van der Waals surface area contributed by atoms with Gasteiger partial charge in [0.1, 0.15) is 5.82 Å². The fourth-order valence-electron chi connectivity index (χ4n) is 3.90. The van der Waals surface area contributed by atoms with E-state index in [1.54, 1.807) is 12.1 Å². The van der Waals surface area contributed by atoms with Gasteiger partial charge >= 0.3 is 0 Å². The van der Waals surface area contributed by atoms with Gasteiger partial charge in [0.05, 0.1) is 11.8 Å². The summed E-state index contributed by atoms with van der Waals surface area (Å²) >= 11 is 0. The molecule has 0 radical (unpaired) electrons. The standard InChI is InChI=1S/C19H29FN2O/c1-2-14-23-17-6-5-11-22(15-17)16-9-12-21(13-10-16)19-8-4-3-7-18(19)20/h3-4,7-8,16-17H,2,5-6,9-15H2,1H3/t17-/m1/s1. The van der Waals surface area contributed by atoms with Crippen molar-refractivity contribution in [2.45, 2.75) is 51.2 Å². The fraction of sp³-hybridized carbons (Fsp3) is 0.684. The van der Waals surface area contributed by atoms with Crippen LogP contribution in [0.25, 0.3) is 0 Å². The van der Waals surface area contributed by atoms with Gasteiger partial charge in [0.15, 0.2) is 0 Å². The van der Waals surface area contributed by atoms with Gasteiger partial charge in [-0.2, -0.15) is 0 Å². The second kappa shape index (κ2) is 8.11. The molecular formula is C19H29FN2O. The number of hydrogen-bond donors (Lipinski definition) is 0. The quantitative estimate of drug-likeness (QED) is 0.823. The molecule has 0 spiro atoms. The molecule has 2 aliphatic rings. The van der Waals surface area contributed by atoms with Crippen LogP contribution in [0.2, 0.25) is 0 Å². The minimum Gasteiger partial charge on any atom is -0.377 e. The summed E-state index contributed by atoms with van der Waals surface area (Å²) in [5.74, 6) is -0.100. The SMILES string of the molecule is CCCO[C@@H]1CCCN(C2CCN(c3ccccc3F)CC2)C1. The Morgan fingerprint density at radius 3 is 2.65 bits per heavy atom. The van der Waals surface area contributed by atoms with Gasteiger partial charge in [0.25, 0.3) is 0 Å². The van der Waals surface area contributed by atoms with Gasteiger partial charge in [-0.3, -0.25) is 4.90 Å². The average molecular weight is 320 g/mol. The van der Waals surface area contributed by atoms with E-state index in [0.29, 0.717) is 12.1 Å². The Bertz CT molecular complexity index is 488. The summed E-state index contributed by atoms with van der Waals surface area (Å²) in [7, 11) is 0. The Kier molecular flexibility index (Phi) is 5.90. The van der Waals surface area contributed by atoms with Crippen LogP contribution in [0, 0.1) is 5.82 Å². The lowest BCUT2D eigenvalue weighted by Gasteiger charge is -2.42. The lowest BCUT2D eigenvalue weighted by atomic mass is 9.98. The van der Waals surface area contributed by atoms with Gasteiger partial charge in [0, 0.05) is 32.3 Å². The lowest BCUT2D eigenvalue weighted by Crippen LogP contribution is -2.50. The monoisotopic (exact) mass is 320 g/mol. The number of likely N-dealkylation sites (tertiary alicyclic amines) is 1. The van der Waals surface area contributed by atoms with Gasteiger partial charge in [-0.15, -0.1) is 0 Å². The molecule has 0 aliphatic carbocycles. The predicted molar refractivity (Wildman–Crippen MR) is 92.5 cm³/mol. The molecule has 0 amide bonds. The highest BCUT2D eigenvalue weighted by atomic mass is 19.1. The summed E-state index contributed by atoms with van der Waals surface area (Å²) in [6.45, 7) is 7.20. The number of ether oxygens (including phenoxy) is 1. The molecule has 2 heterocycles. The zero-order valence-corrected chi connectivity index (χ0v) is 14.2. The molecule has 0 N–H and O–H groups in total. The summed E-state index contributed by atoms with van der Waals surface area (Å²) in [6.07, 6.45) is 6.18. The highest BCUT2D eigenvalue weighted by Gasteiger charge is 2.29. The van der Waals surface area contributed by atoms with E-state index in [0.717, 1.165) is 51.2 Å². The van der Waals surface area contributed by atoms with Crippen LogP contribution >= 0.6 is 0 Å². The third-order valence-electron chi connectivity index (χ3n) is 5.14. The molecule has 1 aromatic carbocycles. The molecule has 1 aromatic rings. The molecule has 3 nitrogen and oxygen atoms in total. The smallest absolute Gasteiger partial charge is 0.146 e. The van der Waals surface area contributed by atoms with Crippen LogP contribution in [-0.4, -0.2) is 49.8 Å². The molecule has 23 heavy (non-hydrogen) atoms. The minimum atomic E-state index is -0.100. The van der Waals surface area contributed by atoms with Gasteiger partial charge in [-0.1, -0.05) is 19.1 Å². The molecule has 0 bridgehead atoms. The number of rotatable bonds is 5. The normalized spacial score (nSPS) is 24.1. The molecule has 1 atom stereocenters. The number of para-hydroxylation sites is 1. The molecule has 2 aliphatic heterocycles. The highest BCUT2D eigenvalue weighted by molar-refractivity contribution is 5.47. The van der Waals surface area contributed by atoms with Gasteiger partial charge in [0.2, 0.25) is 0 Å². The van der Waals surface area contributed by atoms with Crippen LogP contribution in [0.1, 0.15) is 39.0 Å². The molecule has 0 aromatic heterocycles. The first-order valence-electron chi connectivity index (χ1n) is 9.13. The number of benzene rings is 1. The van der Waals surface area contributed by atoms with Crippen LogP contribution in [0.3, 0.4) is 0 Å². The second-order valence-corrected chi connectivity index (χ2v) is 6.80. The van der Waals surface area contributed by atoms with Crippen LogP contribution in [-0.2, 0) is 4.74 Å². The van der Waals surface area contributed by atoms with Crippen molar-refractivity contribution in [3.63, 3.8) is 0 Å². The summed E-state index contributed by atoms with van der Waals surface area (Å²) < 4.78 is 19.9. The Morgan fingerprint density at radius 2 is 1.91 bits per heavy atom. The maximum Gasteiger partial charge on any atom is 0.146 e. The molecule has 0 unspecified atom stereocenters. The van der Waals surface area contributed by atoms with E-state index in [-0.39, 0.29) is 5.82 Å². The van der Waals surface area contributed by atoms with Crippen molar-refractivity contribution in [2.75, 3.05) is 37.7 Å². The summed E-state index contributed by atoms with van der Waals surface area (Å²) in [5, 5.41) is 0. The third-order valence-corrected chi connectivity index (χ3v) is 5.14. The van der Waals surface area contributed by atoms with E-state index in [1.165, 1.54) is 19.4 Å². The topological polar surface area (TPSA) is 15.7 Å². The molecular weight excluding hydrogens is 291 g/mol. The largest absolute Gasteiger partial charge is 0.377 e. The number of halogens is 1. The molecule has 4 heteroatoms. The first kappa shape index (κ1) is 16.7. The first-order chi connectivity index (χ1) is 11.3. The van der Waals surface area contributed by atoms with Crippen molar-refractivity contribution in [3.05, 3.63) is 30.1 Å². The molecule has 2 saturated heterocycles. The molecule has 0 saturated carbocycles. The van der Waals surface area contributed by atoms with Crippen molar-refractivity contribution >= 4 is 5.69 Å². The summed E-state index contributed by atoms with van der Waals surface area (Å²) in [6, 6.07) is 7.76. The van der Waals surface area contributed by atoms with Crippen molar-refractivity contribution in [2.24, 2.45) is 0 Å². The maximum atomic E-state index is 13.9. The number of nitrogens with zero attached hydrogens (tertiary/aromatic N) is 2. The van der Waals surface area contributed by atoms with Crippen LogP contribution in [0.5, 0.6) is 0 Å². The van der Waals surface area contributed by atoms with Crippen LogP contribution in [0.4, 0.5) is 10.1 Å². The van der Waals surface area contributed by atoms with Gasteiger partial charge in [-0.05, 0) is 50.8 Å². The molecule has 3 rings (SSSR count). The summed E-state index contributed by atoms with van der Waals surface area (Å²) in [5.41, 5.74) is 0.758. The lowest BCUT2D eigenvalue weighted by molar-refractivity contribution is -0.0155. The predicted octanol–water partition coefficient (Wildman–Crippen LogP) is 3.69. The van der Waals surface area contributed by atoms with E-state index in [2.05, 4.69) is 16.7 Å². The van der Waals surface area contributed by atoms with E-state index >= 15 is 0 Å². The van der Waals surface area contributed by atoms with Crippen molar-refractivity contribution in [1.29, 1.82) is 0 Å². The number of hydrogen-bond acceptors (Lipinski definition) is 3. The van der Waals surface area contributed by atoms with E-state index in [1.807, 2.05) is 12.1 Å². The van der Waals surface area contributed by atoms with Crippen LogP contribution < -0.4 is 4.90 Å². The minimum absolute atomic E-state index is 0.100. The Hall–Kier alpha value is -1.13. The number of piperidine rings is 2. The zero-order valence-electron chi connectivity index (χ0n) is 14.2. The van der Waals surface area contributed by atoms with Crippen molar-refractivity contribution in [1.82, 2.24) is 4.90 Å². The van der Waals surface area contributed by atoms with Crippen molar-refractivity contribution in [3.8, 4) is 0 Å². The van der Waals surface area contributed by atoms with E-state index < -0.39 is 0 Å². The zero-order chi connectivity index (χ0) is 16.1.